The second kappa shape index (κ2) is 8.12. The highest BCUT2D eigenvalue weighted by atomic mass is 32.1. The van der Waals surface area contributed by atoms with Gasteiger partial charge in [0.05, 0.1) is 13.1 Å². The van der Waals surface area contributed by atoms with Crippen molar-refractivity contribution in [3.05, 3.63) is 86.8 Å². The van der Waals surface area contributed by atoms with Gasteiger partial charge >= 0.3 is 0 Å². The Labute approximate surface area is 172 Å². The van der Waals surface area contributed by atoms with Crippen LogP contribution >= 0.6 is 22.7 Å². The zero-order chi connectivity index (χ0) is 19.5. The molecule has 0 fully saturated rings. The van der Waals surface area contributed by atoms with E-state index in [-0.39, 0.29) is 18.2 Å². The molecule has 0 bridgehead atoms. The number of nitrogens with zero attached hydrogens (tertiary/aromatic N) is 2. The van der Waals surface area contributed by atoms with Crippen molar-refractivity contribution < 1.29 is 9.59 Å². The van der Waals surface area contributed by atoms with E-state index in [9.17, 15) is 9.59 Å². The molecule has 2 amide bonds. The first-order chi connectivity index (χ1) is 13.6. The first-order valence-electron chi connectivity index (χ1n) is 9.06. The largest absolute Gasteiger partial charge is 0.332 e. The monoisotopic (exact) mass is 408 g/mol. The standard InChI is InChI=1S/C22H20N2O2S2/c1-16-19-8-2-3-9-20(19)22(26)24(16)11-10-21(25)23(14-17-6-4-12-27-17)15-18-7-5-13-28-18/h2-9,12-13H,1,10-11,14-15H2. The maximum Gasteiger partial charge on any atom is 0.258 e. The summed E-state index contributed by atoms with van der Waals surface area (Å²) in [5.74, 6) is -0.0326. The van der Waals surface area contributed by atoms with Crippen LogP contribution in [-0.4, -0.2) is 28.2 Å². The molecule has 3 aromatic rings. The summed E-state index contributed by atoms with van der Waals surface area (Å²) in [6.45, 7) is 5.57. The molecule has 0 atom stereocenters. The van der Waals surface area contributed by atoms with Crippen molar-refractivity contribution in [2.24, 2.45) is 0 Å². The minimum atomic E-state index is -0.0727. The minimum absolute atomic E-state index is 0.0401. The Morgan fingerprint density at radius 3 is 2.07 bits per heavy atom. The maximum absolute atomic E-state index is 13.0. The predicted molar refractivity (Wildman–Crippen MR) is 114 cm³/mol. The average molecular weight is 409 g/mol. The van der Waals surface area contributed by atoms with Crippen LogP contribution in [0, 0.1) is 0 Å². The van der Waals surface area contributed by atoms with Gasteiger partial charge in [-0.3, -0.25) is 9.59 Å². The highest BCUT2D eigenvalue weighted by Gasteiger charge is 2.31. The summed E-state index contributed by atoms with van der Waals surface area (Å²) in [7, 11) is 0. The van der Waals surface area contributed by atoms with Gasteiger partial charge in [0.15, 0.2) is 0 Å². The average Bonchev–Trinajstić information content (AvgIpc) is 3.44. The molecule has 0 unspecified atom stereocenters. The van der Waals surface area contributed by atoms with Crippen molar-refractivity contribution in [2.45, 2.75) is 19.5 Å². The first-order valence-corrected chi connectivity index (χ1v) is 10.8. The van der Waals surface area contributed by atoms with Crippen LogP contribution in [-0.2, 0) is 17.9 Å². The molecule has 4 nitrogen and oxygen atoms in total. The SMILES string of the molecule is C=C1c2ccccc2C(=O)N1CCC(=O)N(Cc1cccs1)Cc1cccs1. The number of rotatable bonds is 7. The molecule has 0 spiro atoms. The van der Waals surface area contributed by atoms with Gasteiger partial charge in [-0.2, -0.15) is 0 Å². The smallest absolute Gasteiger partial charge is 0.258 e. The van der Waals surface area contributed by atoms with E-state index in [1.165, 1.54) is 0 Å². The Balaban J connectivity index is 1.44. The van der Waals surface area contributed by atoms with E-state index in [0.29, 0.717) is 30.9 Å². The second-order valence-corrected chi connectivity index (χ2v) is 8.67. The Kier molecular flexibility index (Phi) is 5.41. The number of benzene rings is 1. The van der Waals surface area contributed by atoms with E-state index in [2.05, 4.69) is 6.58 Å². The summed E-state index contributed by atoms with van der Waals surface area (Å²) in [5.41, 5.74) is 2.19. The minimum Gasteiger partial charge on any atom is -0.332 e. The third-order valence-corrected chi connectivity index (χ3v) is 6.52. The van der Waals surface area contributed by atoms with Crippen molar-refractivity contribution in [3.8, 4) is 0 Å². The number of carbonyl (C=O) groups is 2. The van der Waals surface area contributed by atoms with Gasteiger partial charge in [0.25, 0.3) is 5.91 Å². The second-order valence-electron chi connectivity index (χ2n) is 6.61. The number of amides is 2. The van der Waals surface area contributed by atoms with Gasteiger partial charge in [0.2, 0.25) is 5.91 Å². The number of hydrogen-bond acceptors (Lipinski definition) is 4. The van der Waals surface area contributed by atoms with Gasteiger partial charge < -0.3 is 9.80 Å². The van der Waals surface area contributed by atoms with Crippen molar-refractivity contribution in [1.82, 2.24) is 9.80 Å². The van der Waals surface area contributed by atoms with Crippen molar-refractivity contribution in [2.75, 3.05) is 6.54 Å². The summed E-state index contributed by atoms with van der Waals surface area (Å²) in [6.07, 6.45) is 0.273. The zero-order valence-corrected chi connectivity index (χ0v) is 17.0. The van der Waals surface area contributed by atoms with Crippen LogP contribution in [0.5, 0.6) is 0 Å². The lowest BCUT2D eigenvalue weighted by atomic mass is 10.1. The summed E-state index contributed by atoms with van der Waals surface area (Å²) >= 11 is 3.30. The van der Waals surface area contributed by atoms with E-state index in [4.69, 9.17) is 0 Å². The molecule has 1 aliphatic heterocycles. The summed E-state index contributed by atoms with van der Waals surface area (Å²) in [5, 5.41) is 4.04. The fourth-order valence-electron chi connectivity index (χ4n) is 3.35. The van der Waals surface area contributed by atoms with Crippen LogP contribution in [0.25, 0.3) is 5.70 Å². The molecule has 0 saturated carbocycles. The Morgan fingerprint density at radius 1 is 0.929 bits per heavy atom. The lowest BCUT2D eigenvalue weighted by Crippen LogP contribution is -2.33. The number of hydrogen-bond donors (Lipinski definition) is 0. The Hall–Kier alpha value is -2.70. The van der Waals surface area contributed by atoms with E-state index < -0.39 is 0 Å². The van der Waals surface area contributed by atoms with Crippen LogP contribution in [0.4, 0.5) is 0 Å². The third kappa shape index (κ3) is 3.79. The van der Waals surface area contributed by atoms with Crippen molar-refractivity contribution >= 4 is 40.2 Å². The van der Waals surface area contributed by atoms with Crippen LogP contribution in [0.3, 0.4) is 0 Å². The normalized spacial score (nSPS) is 13.1. The first kappa shape index (κ1) is 18.7. The molecule has 6 heteroatoms. The highest BCUT2D eigenvalue weighted by molar-refractivity contribution is 7.10. The van der Waals surface area contributed by atoms with Crippen molar-refractivity contribution in [3.63, 3.8) is 0 Å². The lowest BCUT2D eigenvalue weighted by molar-refractivity contribution is -0.132. The Bertz CT molecular complexity index is 922. The molecule has 1 aromatic carbocycles. The van der Waals surface area contributed by atoms with Gasteiger partial charge in [-0.1, -0.05) is 36.9 Å². The third-order valence-electron chi connectivity index (χ3n) is 4.79. The van der Waals surface area contributed by atoms with E-state index >= 15 is 0 Å². The molecule has 0 aliphatic carbocycles. The lowest BCUT2D eigenvalue weighted by Gasteiger charge is -2.24. The molecule has 3 heterocycles. The molecular weight excluding hydrogens is 388 g/mol. The topological polar surface area (TPSA) is 40.6 Å². The van der Waals surface area contributed by atoms with Gasteiger partial charge in [-0.25, -0.2) is 0 Å². The molecule has 0 N–H and O–H groups in total. The quantitative estimate of drug-likeness (QED) is 0.560. The van der Waals surface area contributed by atoms with E-state index in [1.807, 2.05) is 64.2 Å². The molecule has 28 heavy (non-hydrogen) atoms. The van der Waals surface area contributed by atoms with E-state index in [0.717, 1.165) is 15.3 Å². The number of thiophene rings is 2. The molecule has 1 aliphatic rings. The van der Waals surface area contributed by atoms with Crippen LogP contribution in [0.2, 0.25) is 0 Å². The molecule has 142 valence electrons. The number of carbonyl (C=O) groups excluding carboxylic acids is 2. The van der Waals surface area contributed by atoms with Gasteiger partial charge in [0, 0.05) is 39.5 Å². The fourth-order valence-corrected chi connectivity index (χ4v) is 4.79. The summed E-state index contributed by atoms with van der Waals surface area (Å²) < 4.78 is 0. The molecular formula is C22H20N2O2S2. The fraction of sp³-hybridized carbons (Fsp3) is 0.182. The molecule has 4 rings (SSSR count). The summed E-state index contributed by atoms with van der Waals surface area (Å²) in [6, 6.07) is 15.5. The highest BCUT2D eigenvalue weighted by Crippen LogP contribution is 2.31. The predicted octanol–water partition coefficient (Wildman–Crippen LogP) is 4.86. The van der Waals surface area contributed by atoms with Crippen LogP contribution in [0.15, 0.2) is 65.9 Å². The molecule has 0 radical (unpaired) electrons. The van der Waals surface area contributed by atoms with Crippen molar-refractivity contribution in [1.29, 1.82) is 0 Å². The molecule has 2 aromatic heterocycles. The van der Waals surface area contributed by atoms with Gasteiger partial charge in [-0.05, 0) is 29.0 Å². The summed E-state index contributed by atoms with van der Waals surface area (Å²) in [4.78, 5) is 31.4. The zero-order valence-electron chi connectivity index (χ0n) is 15.3. The van der Waals surface area contributed by atoms with Crippen LogP contribution < -0.4 is 0 Å². The number of fused-ring (bicyclic) bond motifs is 1. The maximum atomic E-state index is 13.0. The Morgan fingerprint density at radius 2 is 1.54 bits per heavy atom. The van der Waals surface area contributed by atoms with Gasteiger partial charge in [0.1, 0.15) is 0 Å². The molecule has 0 saturated heterocycles. The van der Waals surface area contributed by atoms with E-state index in [1.54, 1.807) is 27.6 Å². The van der Waals surface area contributed by atoms with Crippen LogP contribution in [0.1, 0.15) is 32.1 Å². The van der Waals surface area contributed by atoms with Gasteiger partial charge in [-0.15, -0.1) is 22.7 Å².